The molecule has 0 heterocycles. The van der Waals surface area contributed by atoms with Crippen LogP contribution in [-0.2, 0) is 4.43 Å². The highest BCUT2D eigenvalue weighted by Crippen LogP contribution is 2.31. The molecule has 0 saturated heterocycles. The van der Waals surface area contributed by atoms with Crippen molar-refractivity contribution in [3.05, 3.63) is 0 Å². The average molecular weight is 334 g/mol. The minimum absolute atomic E-state index is 0.240. The minimum atomic E-state index is -0.240. The van der Waals surface area contributed by atoms with Crippen molar-refractivity contribution in [1.29, 1.82) is 0 Å². The third-order valence-electron chi connectivity index (χ3n) is 3.64. The first-order chi connectivity index (χ1) is 8.19. The third kappa shape index (κ3) is 9.57. The molecular formula is C15H30BrOSi. The van der Waals surface area contributed by atoms with E-state index in [1.807, 2.05) is 0 Å². The Kier molecular flexibility index (Phi) is 9.07. The molecule has 0 aliphatic carbocycles. The molecule has 0 amide bonds. The van der Waals surface area contributed by atoms with Crippen molar-refractivity contribution in [3.63, 3.8) is 0 Å². The standard InChI is InChI=1S/C15H30BrOSi/c1-13(15(5,16)17-18)11-9-7-6-8-10-12-14(2,3)4/h13H,6-12H2,1-5H3. The van der Waals surface area contributed by atoms with Crippen LogP contribution >= 0.6 is 15.9 Å². The molecule has 2 atom stereocenters. The van der Waals surface area contributed by atoms with Gasteiger partial charge < -0.3 is 4.43 Å². The molecular weight excluding hydrogens is 304 g/mol. The second-order valence-corrected chi connectivity index (χ2v) is 8.63. The van der Waals surface area contributed by atoms with Crippen molar-refractivity contribution in [1.82, 2.24) is 0 Å². The Hall–Kier alpha value is 0.657. The third-order valence-corrected chi connectivity index (χ3v) is 5.31. The highest BCUT2D eigenvalue weighted by atomic mass is 79.9. The van der Waals surface area contributed by atoms with Crippen LogP contribution in [0.15, 0.2) is 0 Å². The van der Waals surface area contributed by atoms with Crippen molar-refractivity contribution in [3.8, 4) is 0 Å². The maximum atomic E-state index is 5.25. The van der Waals surface area contributed by atoms with Crippen LogP contribution in [-0.4, -0.2) is 15.0 Å². The first-order valence-corrected chi connectivity index (χ1v) is 8.43. The zero-order valence-corrected chi connectivity index (χ0v) is 15.4. The highest BCUT2D eigenvalue weighted by Gasteiger charge is 2.26. The lowest BCUT2D eigenvalue weighted by Gasteiger charge is -2.28. The van der Waals surface area contributed by atoms with Crippen molar-refractivity contribution >= 4 is 26.4 Å². The summed E-state index contributed by atoms with van der Waals surface area (Å²) in [5, 5.41) is 0. The molecule has 3 radical (unpaired) electrons. The number of rotatable bonds is 9. The zero-order chi connectivity index (χ0) is 14.2. The summed E-state index contributed by atoms with van der Waals surface area (Å²) < 4.78 is 5.01. The van der Waals surface area contributed by atoms with Gasteiger partial charge in [0, 0.05) is 0 Å². The second kappa shape index (κ2) is 8.75. The molecule has 0 N–H and O–H groups in total. The van der Waals surface area contributed by atoms with Crippen LogP contribution in [0, 0.1) is 11.3 Å². The van der Waals surface area contributed by atoms with E-state index in [0.29, 0.717) is 11.3 Å². The SMILES string of the molecule is CC(CCCCCCCC(C)(C)C)C(C)(Br)O[Si]. The van der Waals surface area contributed by atoms with E-state index in [9.17, 15) is 0 Å². The van der Waals surface area contributed by atoms with Gasteiger partial charge in [0.2, 0.25) is 10.5 Å². The molecule has 0 aliphatic heterocycles. The molecule has 107 valence electrons. The van der Waals surface area contributed by atoms with Crippen molar-refractivity contribution < 1.29 is 4.43 Å². The summed E-state index contributed by atoms with van der Waals surface area (Å²) in [7, 11) is 3.13. The number of unbranched alkanes of at least 4 members (excludes halogenated alkanes) is 4. The Bertz CT molecular complexity index is 211. The quantitative estimate of drug-likeness (QED) is 0.302. The van der Waals surface area contributed by atoms with Crippen LogP contribution in [0.3, 0.4) is 0 Å². The summed E-state index contributed by atoms with van der Waals surface area (Å²) in [5.41, 5.74) is 0.499. The normalized spacial score (nSPS) is 17.5. The van der Waals surface area contributed by atoms with Gasteiger partial charge in [-0.15, -0.1) is 0 Å². The van der Waals surface area contributed by atoms with Gasteiger partial charge in [0.05, 0.1) is 0 Å². The Morgan fingerprint density at radius 3 is 2.00 bits per heavy atom. The van der Waals surface area contributed by atoms with Crippen molar-refractivity contribution in [2.75, 3.05) is 0 Å². The summed E-state index contributed by atoms with van der Waals surface area (Å²) in [4.78, 5) is 0. The summed E-state index contributed by atoms with van der Waals surface area (Å²) in [6.07, 6.45) is 9.33. The van der Waals surface area contributed by atoms with E-state index in [2.05, 4.69) is 61.0 Å². The lowest BCUT2D eigenvalue weighted by atomic mass is 9.89. The molecule has 0 saturated carbocycles. The lowest BCUT2D eigenvalue weighted by molar-refractivity contribution is 0.139. The van der Waals surface area contributed by atoms with Crippen LogP contribution in [0.4, 0.5) is 0 Å². The molecule has 0 aromatic rings. The number of hydrogen-bond donors (Lipinski definition) is 0. The molecule has 0 aromatic heterocycles. The summed E-state index contributed by atoms with van der Waals surface area (Å²) in [6, 6.07) is 0. The summed E-state index contributed by atoms with van der Waals surface area (Å²) >= 11 is 3.59. The maximum absolute atomic E-state index is 5.25. The molecule has 2 unspecified atom stereocenters. The molecule has 18 heavy (non-hydrogen) atoms. The van der Waals surface area contributed by atoms with E-state index in [1.54, 1.807) is 0 Å². The van der Waals surface area contributed by atoms with Gasteiger partial charge in [-0.05, 0) is 31.1 Å². The van der Waals surface area contributed by atoms with Gasteiger partial charge >= 0.3 is 0 Å². The van der Waals surface area contributed by atoms with Gasteiger partial charge in [0.25, 0.3) is 0 Å². The molecule has 3 heteroatoms. The molecule has 0 aromatic carbocycles. The smallest absolute Gasteiger partial charge is 0.248 e. The van der Waals surface area contributed by atoms with Gasteiger partial charge in [-0.2, -0.15) is 0 Å². The Morgan fingerprint density at radius 1 is 1.00 bits per heavy atom. The predicted molar refractivity (Wildman–Crippen MR) is 85.1 cm³/mol. The Morgan fingerprint density at radius 2 is 1.50 bits per heavy atom. The zero-order valence-electron chi connectivity index (χ0n) is 12.8. The van der Waals surface area contributed by atoms with Crippen LogP contribution < -0.4 is 0 Å². The van der Waals surface area contributed by atoms with E-state index in [4.69, 9.17) is 4.43 Å². The van der Waals surface area contributed by atoms with Gasteiger partial charge in [-0.1, -0.05) is 75.7 Å². The van der Waals surface area contributed by atoms with E-state index < -0.39 is 0 Å². The second-order valence-electron chi connectivity index (χ2n) is 6.86. The first-order valence-electron chi connectivity index (χ1n) is 7.23. The van der Waals surface area contributed by atoms with Crippen LogP contribution in [0.2, 0.25) is 0 Å². The summed E-state index contributed by atoms with van der Waals surface area (Å²) in [5.74, 6) is 0.518. The first kappa shape index (κ1) is 18.7. The van der Waals surface area contributed by atoms with Crippen molar-refractivity contribution in [2.24, 2.45) is 11.3 Å². The largest absolute Gasteiger partial charge is 0.404 e. The Balaban J connectivity index is 3.47. The van der Waals surface area contributed by atoms with Crippen LogP contribution in [0.1, 0.15) is 79.6 Å². The minimum Gasteiger partial charge on any atom is -0.404 e. The number of hydrogen-bond acceptors (Lipinski definition) is 1. The lowest BCUT2D eigenvalue weighted by Crippen LogP contribution is -2.28. The fourth-order valence-corrected chi connectivity index (χ4v) is 2.42. The fraction of sp³-hybridized carbons (Fsp3) is 1.00. The fourth-order valence-electron chi connectivity index (χ4n) is 1.99. The topological polar surface area (TPSA) is 9.23 Å². The molecule has 0 fully saturated rings. The predicted octanol–water partition coefficient (Wildman–Crippen LogP) is 5.61. The van der Waals surface area contributed by atoms with Gasteiger partial charge in [-0.3, -0.25) is 0 Å². The van der Waals surface area contributed by atoms with Crippen LogP contribution in [0.5, 0.6) is 0 Å². The molecule has 0 aliphatic rings. The van der Waals surface area contributed by atoms with E-state index >= 15 is 0 Å². The van der Waals surface area contributed by atoms with E-state index in [1.165, 1.54) is 44.9 Å². The molecule has 0 spiro atoms. The number of halogens is 1. The maximum Gasteiger partial charge on any atom is 0.248 e. The van der Waals surface area contributed by atoms with Gasteiger partial charge in [0.1, 0.15) is 4.51 Å². The van der Waals surface area contributed by atoms with Gasteiger partial charge in [0.15, 0.2) is 0 Å². The monoisotopic (exact) mass is 333 g/mol. The van der Waals surface area contributed by atoms with Crippen molar-refractivity contribution in [2.45, 2.75) is 84.1 Å². The Labute approximate surface area is 126 Å². The van der Waals surface area contributed by atoms with Crippen LogP contribution in [0.25, 0.3) is 0 Å². The average Bonchev–Trinajstić information content (AvgIpc) is 2.25. The van der Waals surface area contributed by atoms with E-state index in [-0.39, 0.29) is 4.51 Å². The molecule has 1 nitrogen and oxygen atoms in total. The molecule has 0 bridgehead atoms. The van der Waals surface area contributed by atoms with E-state index in [0.717, 1.165) is 0 Å². The summed E-state index contributed by atoms with van der Waals surface area (Å²) in [6.45, 7) is 11.3. The van der Waals surface area contributed by atoms with Gasteiger partial charge in [-0.25, -0.2) is 0 Å². The molecule has 0 rings (SSSR count). The number of alkyl halides is 1. The highest BCUT2D eigenvalue weighted by molar-refractivity contribution is 9.10.